The maximum atomic E-state index is 7.43. The van der Waals surface area contributed by atoms with Crippen LogP contribution in [0.5, 0.6) is 0 Å². The molecule has 0 spiro atoms. The van der Waals surface area contributed by atoms with Crippen molar-refractivity contribution in [2.75, 3.05) is 0 Å². The lowest BCUT2D eigenvalue weighted by Crippen LogP contribution is -2.01. The third-order valence-corrected chi connectivity index (χ3v) is 8.28. The molecule has 0 atom stereocenters. The van der Waals surface area contributed by atoms with Crippen LogP contribution in [0.1, 0.15) is 41.8 Å². The van der Waals surface area contributed by atoms with Gasteiger partial charge in [-0.05, 0) is 84.9 Å². The van der Waals surface area contributed by atoms with Gasteiger partial charge < -0.3 is 14.4 Å². The second-order valence-corrected chi connectivity index (χ2v) is 10.6. The number of aryl methyl sites for hydroxylation is 1. The molecule has 4 heteroatoms. The largest absolute Gasteiger partial charge is 0.456 e. The van der Waals surface area contributed by atoms with Crippen LogP contribution < -0.4 is 0 Å². The minimum atomic E-state index is 0.665. The van der Waals surface area contributed by atoms with E-state index in [-0.39, 0.29) is 0 Å². The Morgan fingerprint density at radius 3 is 2.62 bits per heavy atom. The van der Waals surface area contributed by atoms with Gasteiger partial charge in [0.25, 0.3) is 0 Å². The number of hydrogen-bond acceptors (Lipinski definition) is 3. The average molecular weight is 518 g/mol. The molecule has 0 aliphatic heterocycles. The maximum Gasteiger partial charge on any atom is 0.135 e. The zero-order valence-electron chi connectivity index (χ0n) is 22.0. The van der Waals surface area contributed by atoms with E-state index in [1.165, 1.54) is 55.8 Å². The van der Waals surface area contributed by atoms with Crippen molar-refractivity contribution in [3.63, 3.8) is 0 Å². The molecule has 2 aliphatic rings. The van der Waals surface area contributed by atoms with E-state index in [1.54, 1.807) is 0 Å². The Balaban J connectivity index is 1.27. The van der Waals surface area contributed by atoms with Crippen molar-refractivity contribution in [1.82, 2.24) is 9.55 Å². The zero-order valence-corrected chi connectivity index (χ0v) is 22.0. The van der Waals surface area contributed by atoms with Crippen LogP contribution in [0.2, 0.25) is 0 Å². The molecule has 1 N–H and O–H groups in total. The Hall–Kier alpha value is -4.96. The van der Waals surface area contributed by atoms with Crippen LogP contribution in [0.15, 0.2) is 102 Å². The molecule has 8 rings (SSSR count). The second-order valence-electron chi connectivity index (χ2n) is 10.6. The number of para-hydroxylation sites is 1. The van der Waals surface area contributed by atoms with Gasteiger partial charge in [0.2, 0.25) is 0 Å². The maximum absolute atomic E-state index is 7.43. The van der Waals surface area contributed by atoms with E-state index in [0.717, 1.165) is 48.2 Å². The van der Waals surface area contributed by atoms with Crippen LogP contribution in [0.4, 0.5) is 0 Å². The van der Waals surface area contributed by atoms with Gasteiger partial charge in [0.15, 0.2) is 0 Å². The third kappa shape index (κ3) is 3.60. The van der Waals surface area contributed by atoms with Gasteiger partial charge in [-0.3, -0.25) is 4.98 Å². The summed E-state index contributed by atoms with van der Waals surface area (Å²) in [5, 5.41) is 11.2. The molecule has 0 fully saturated rings. The normalized spacial score (nSPS) is 14.9. The molecule has 4 nitrogen and oxygen atoms in total. The second kappa shape index (κ2) is 9.06. The molecule has 2 aliphatic carbocycles. The summed E-state index contributed by atoms with van der Waals surface area (Å²) in [7, 11) is 0. The summed E-state index contributed by atoms with van der Waals surface area (Å²) < 4.78 is 8.77. The third-order valence-electron chi connectivity index (χ3n) is 8.28. The molecule has 3 aromatic carbocycles. The van der Waals surface area contributed by atoms with Gasteiger partial charge in [-0.25, -0.2) is 0 Å². The molecule has 0 saturated carbocycles. The van der Waals surface area contributed by atoms with Crippen LogP contribution in [0.25, 0.3) is 61.2 Å². The lowest BCUT2D eigenvalue weighted by Gasteiger charge is -2.18. The fraction of sp³-hybridized carbons (Fsp3) is 0.111. The predicted octanol–water partition coefficient (Wildman–Crippen LogP) is 9.28. The molecule has 40 heavy (non-hydrogen) atoms. The fourth-order valence-electron chi connectivity index (χ4n) is 6.35. The van der Waals surface area contributed by atoms with Gasteiger partial charge in [-0.2, -0.15) is 0 Å². The molecule has 3 aromatic heterocycles. The van der Waals surface area contributed by atoms with Crippen molar-refractivity contribution in [2.45, 2.75) is 25.7 Å². The van der Waals surface area contributed by atoms with Crippen molar-refractivity contribution < 1.29 is 4.42 Å². The summed E-state index contributed by atoms with van der Waals surface area (Å²) >= 11 is 0. The van der Waals surface area contributed by atoms with Gasteiger partial charge in [0.05, 0.1) is 16.7 Å². The SMILES string of the molecule is N=Cc1ccc(-c2cccc(C3=CCCC(n4c5ccccc5c5cc6oc7c(c6cc54)CCC=C7)=C3)c2)cn1. The number of nitrogens with zero attached hydrogens (tertiary/aromatic N) is 2. The first kappa shape index (κ1) is 23.0. The molecule has 0 radical (unpaired) electrons. The van der Waals surface area contributed by atoms with E-state index in [1.807, 2.05) is 18.3 Å². The number of hydrogen-bond donors (Lipinski definition) is 1. The van der Waals surface area contributed by atoms with Crippen molar-refractivity contribution in [3.8, 4) is 11.1 Å². The molecule has 6 aromatic rings. The summed E-state index contributed by atoms with van der Waals surface area (Å²) in [6, 6.07) is 25.9. The van der Waals surface area contributed by atoms with Crippen molar-refractivity contribution in [1.29, 1.82) is 5.41 Å². The van der Waals surface area contributed by atoms with Gasteiger partial charge in [0.1, 0.15) is 11.3 Å². The molecular weight excluding hydrogens is 490 g/mol. The number of allylic oxidation sites excluding steroid dienone is 5. The van der Waals surface area contributed by atoms with Crippen LogP contribution >= 0.6 is 0 Å². The first-order valence-corrected chi connectivity index (χ1v) is 13.9. The zero-order chi connectivity index (χ0) is 26.6. The predicted molar refractivity (Wildman–Crippen MR) is 166 cm³/mol. The Morgan fingerprint density at radius 1 is 0.800 bits per heavy atom. The van der Waals surface area contributed by atoms with E-state index in [9.17, 15) is 0 Å². The van der Waals surface area contributed by atoms with Crippen molar-refractivity contribution >= 4 is 56.3 Å². The number of pyridine rings is 1. The first-order chi connectivity index (χ1) is 19.8. The molecule has 0 saturated heterocycles. The molecule has 3 heterocycles. The highest BCUT2D eigenvalue weighted by Crippen LogP contribution is 2.40. The highest BCUT2D eigenvalue weighted by atomic mass is 16.3. The lowest BCUT2D eigenvalue weighted by atomic mass is 9.95. The van der Waals surface area contributed by atoms with Crippen molar-refractivity contribution in [3.05, 3.63) is 120 Å². The highest BCUT2D eigenvalue weighted by molar-refractivity contribution is 6.14. The van der Waals surface area contributed by atoms with E-state index >= 15 is 0 Å². The Morgan fingerprint density at radius 2 is 1.73 bits per heavy atom. The smallest absolute Gasteiger partial charge is 0.135 e. The number of rotatable bonds is 4. The van der Waals surface area contributed by atoms with Crippen molar-refractivity contribution in [2.24, 2.45) is 0 Å². The minimum absolute atomic E-state index is 0.665. The molecular formula is C36H27N3O. The molecule has 0 bridgehead atoms. The van der Waals surface area contributed by atoms with Crippen LogP contribution in [-0.4, -0.2) is 15.8 Å². The van der Waals surface area contributed by atoms with Crippen LogP contribution in [0, 0.1) is 5.41 Å². The number of aromatic nitrogens is 2. The number of benzene rings is 3. The fourth-order valence-corrected chi connectivity index (χ4v) is 6.35. The minimum Gasteiger partial charge on any atom is -0.456 e. The summed E-state index contributed by atoms with van der Waals surface area (Å²) in [5.41, 5.74) is 11.4. The Kier molecular flexibility index (Phi) is 5.20. The van der Waals surface area contributed by atoms with Crippen LogP contribution in [-0.2, 0) is 6.42 Å². The summed E-state index contributed by atoms with van der Waals surface area (Å²) in [4.78, 5) is 4.38. The van der Waals surface area contributed by atoms with E-state index in [0.29, 0.717) is 5.69 Å². The number of nitrogens with one attached hydrogen (secondary N) is 1. The molecule has 0 unspecified atom stereocenters. The topological polar surface area (TPSA) is 54.8 Å². The lowest BCUT2D eigenvalue weighted by molar-refractivity contribution is 0.596. The van der Waals surface area contributed by atoms with E-state index in [2.05, 4.69) is 94.5 Å². The quantitative estimate of drug-likeness (QED) is 0.237. The first-order valence-electron chi connectivity index (χ1n) is 13.9. The summed E-state index contributed by atoms with van der Waals surface area (Å²) in [5.74, 6) is 1.01. The van der Waals surface area contributed by atoms with E-state index in [4.69, 9.17) is 9.83 Å². The molecule has 192 valence electrons. The van der Waals surface area contributed by atoms with Gasteiger partial charge in [-0.15, -0.1) is 0 Å². The Labute approximate surface area is 232 Å². The Bertz CT molecular complexity index is 2070. The highest BCUT2D eigenvalue weighted by Gasteiger charge is 2.21. The average Bonchev–Trinajstić information content (AvgIpc) is 3.55. The monoisotopic (exact) mass is 517 g/mol. The van der Waals surface area contributed by atoms with Crippen LogP contribution in [0.3, 0.4) is 0 Å². The van der Waals surface area contributed by atoms with Gasteiger partial charge >= 0.3 is 0 Å². The number of furan rings is 1. The van der Waals surface area contributed by atoms with Gasteiger partial charge in [-0.1, -0.05) is 54.6 Å². The summed E-state index contributed by atoms with van der Waals surface area (Å²) in [6.07, 6.45) is 16.2. The standard InChI is InChI=1S/C36H27N3O/c37-21-27-16-15-26(22-38-27)24-8-5-7-23(17-24)25-9-6-10-28(18-25)39-33-13-3-1-11-29(33)31-20-36-32(19-34(31)39)30-12-2-4-14-35(30)40-36/h1,3-5,7-9,11,13-22,37H,2,6,10,12H2. The molecule has 0 amide bonds. The number of fused-ring (bicyclic) bond motifs is 6. The van der Waals surface area contributed by atoms with Gasteiger partial charge in [0, 0.05) is 45.4 Å². The summed E-state index contributed by atoms with van der Waals surface area (Å²) in [6.45, 7) is 0. The van der Waals surface area contributed by atoms with E-state index < -0.39 is 0 Å².